The second-order valence-corrected chi connectivity index (χ2v) is 9.93. The van der Waals surface area contributed by atoms with Crippen LogP contribution in [0.1, 0.15) is 47.6 Å². The van der Waals surface area contributed by atoms with Crippen LogP contribution in [0.25, 0.3) is 16.7 Å². The van der Waals surface area contributed by atoms with Crippen molar-refractivity contribution < 1.29 is 0 Å². The molecule has 4 aromatic carbocycles. The number of hydrogen-bond acceptors (Lipinski definition) is 0. The molecule has 0 heteroatoms. The SMILES string of the molecule is CC12CC=C(CCc3ccc(-c4ccccc4)cc3)C=C1c1ccccc1Cc1ccccc12. The minimum Gasteiger partial charge on any atom is -0.0801 e. The topological polar surface area (TPSA) is 0 Å². The zero-order valence-electron chi connectivity index (χ0n) is 19.8. The molecule has 0 saturated heterocycles. The van der Waals surface area contributed by atoms with Crippen molar-refractivity contribution in [1.82, 2.24) is 0 Å². The lowest BCUT2D eigenvalue weighted by molar-refractivity contribution is 0.613. The van der Waals surface area contributed by atoms with Crippen molar-refractivity contribution in [3.05, 3.63) is 149 Å². The van der Waals surface area contributed by atoms with Gasteiger partial charge in [-0.05, 0) is 70.2 Å². The van der Waals surface area contributed by atoms with Crippen molar-refractivity contribution in [2.45, 2.75) is 38.0 Å². The molecule has 0 bridgehead atoms. The summed E-state index contributed by atoms with van der Waals surface area (Å²) in [6, 6.07) is 37.8. The minimum atomic E-state index is 0.0318. The van der Waals surface area contributed by atoms with Crippen molar-refractivity contribution in [2.75, 3.05) is 0 Å². The minimum absolute atomic E-state index is 0.0318. The quantitative estimate of drug-likeness (QED) is 0.299. The molecule has 0 aliphatic heterocycles. The third-order valence-corrected chi connectivity index (χ3v) is 7.76. The molecule has 0 heterocycles. The molecule has 6 rings (SSSR count). The van der Waals surface area contributed by atoms with Gasteiger partial charge in [0.2, 0.25) is 0 Å². The van der Waals surface area contributed by atoms with Crippen LogP contribution in [0.15, 0.2) is 121 Å². The van der Waals surface area contributed by atoms with Crippen molar-refractivity contribution >= 4 is 5.57 Å². The molecule has 0 radical (unpaired) electrons. The van der Waals surface area contributed by atoms with Gasteiger partial charge in [0.05, 0.1) is 0 Å². The molecule has 0 N–H and O–H groups in total. The number of aryl methyl sites for hydroxylation is 1. The Morgan fingerprint density at radius 3 is 2.15 bits per heavy atom. The fourth-order valence-corrected chi connectivity index (χ4v) is 5.79. The van der Waals surface area contributed by atoms with E-state index in [-0.39, 0.29) is 5.41 Å². The molecule has 0 saturated carbocycles. The first-order valence-electron chi connectivity index (χ1n) is 12.4. The maximum absolute atomic E-state index is 2.50. The van der Waals surface area contributed by atoms with Crippen LogP contribution in [-0.2, 0) is 18.3 Å². The molecule has 0 aromatic heterocycles. The molecule has 0 nitrogen and oxygen atoms in total. The fraction of sp³-hybridized carbons (Fsp3) is 0.176. The normalized spacial score (nSPS) is 18.6. The van der Waals surface area contributed by atoms with Crippen molar-refractivity contribution in [3.8, 4) is 11.1 Å². The highest BCUT2D eigenvalue weighted by molar-refractivity contribution is 5.82. The molecule has 1 atom stereocenters. The Kier molecular flexibility index (Phi) is 5.30. The Bertz CT molecular complexity index is 1390. The van der Waals surface area contributed by atoms with Crippen LogP contribution in [0, 0.1) is 0 Å². The van der Waals surface area contributed by atoms with E-state index in [1.807, 2.05) is 0 Å². The molecule has 4 aromatic rings. The lowest BCUT2D eigenvalue weighted by Gasteiger charge is -2.36. The monoisotopic (exact) mass is 438 g/mol. The number of rotatable bonds is 4. The van der Waals surface area contributed by atoms with Gasteiger partial charge in [0.25, 0.3) is 0 Å². The van der Waals surface area contributed by atoms with Gasteiger partial charge in [0.15, 0.2) is 0 Å². The summed E-state index contributed by atoms with van der Waals surface area (Å²) in [4.78, 5) is 0. The van der Waals surface area contributed by atoms with Gasteiger partial charge < -0.3 is 0 Å². The van der Waals surface area contributed by atoms with Crippen LogP contribution in [0.3, 0.4) is 0 Å². The van der Waals surface area contributed by atoms with Crippen LogP contribution in [0.4, 0.5) is 0 Å². The molecule has 166 valence electrons. The Labute approximate surface area is 203 Å². The van der Waals surface area contributed by atoms with Gasteiger partial charge in [0.1, 0.15) is 0 Å². The Morgan fingerprint density at radius 2 is 1.32 bits per heavy atom. The van der Waals surface area contributed by atoms with E-state index in [4.69, 9.17) is 0 Å². The van der Waals surface area contributed by atoms with Gasteiger partial charge in [-0.3, -0.25) is 0 Å². The van der Waals surface area contributed by atoms with Crippen molar-refractivity contribution in [1.29, 1.82) is 0 Å². The summed E-state index contributed by atoms with van der Waals surface area (Å²) in [5, 5.41) is 0. The van der Waals surface area contributed by atoms with Gasteiger partial charge >= 0.3 is 0 Å². The maximum atomic E-state index is 2.50. The van der Waals surface area contributed by atoms with E-state index in [2.05, 4.69) is 122 Å². The zero-order chi connectivity index (χ0) is 23.0. The highest BCUT2D eigenvalue weighted by Crippen LogP contribution is 2.49. The van der Waals surface area contributed by atoms with Gasteiger partial charge in [-0.25, -0.2) is 0 Å². The lowest BCUT2D eigenvalue weighted by Crippen LogP contribution is -2.26. The van der Waals surface area contributed by atoms with Crippen LogP contribution in [0.5, 0.6) is 0 Å². The number of fused-ring (bicyclic) bond motifs is 5. The predicted molar refractivity (Wildman–Crippen MR) is 144 cm³/mol. The van der Waals surface area contributed by atoms with Gasteiger partial charge in [0, 0.05) is 5.41 Å². The van der Waals surface area contributed by atoms with E-state index in [0.717, 1.165) is 25.7 Å². The van der Waals surface area contributed by atoms with E-state index < -0.39 is 0 Å². The third kappa shape index (κ3) is 3.74. The van der Waals surface area contributed by atoms with Crippen LogP contribution in [-0.4, -0.2) is 0 Å². The first-order valence-corrected chi connectivity index (χ1v) is 12.4. The Morgan fingerprint density at radius 1 is 0.647 bits per heavy atom. The molecular formula is C34H30. The third-order valence-electron chi connectivity index (χ3n) is 7.76. The smallest absolute Gasteiger partial charge is 0.0218 e. The summed E-state index contributed by atoms with van der Waals surface area (Å²) < 4.78 is 0. The molecule has 0 fully saturated rings. The first-order chi connectivity index (χ1) is 16.7. The van der Waals surface area contributed by atoms with Gasteiger partial charge in [-0.1, -0.05) is 128 Å². The van der Waals surface area contributed by atoms with E-state index in [1.54, 1.807) is 0 Å². The molecule has 34 heavy (non-hydrogen) atoms. The van der Waals surface area contributed by atoms with Gasteiger partial charge in [-0.15, -0.1) is 0 Å². The van der Waals surface area contributed by atoms with Crippen molar-refractivity contribution in [3.63, 3.8) is 0 Å². The summed E-state index contributed by atoms with van der Waals surface area (Å²) in [7, 11) is 0. The molecule has 1 unspecified atom stereocenters. The Balaban J connectivity index is 1.28. The van der Waals surface area contributed by atoms with E-state index >= 15 is 0 Å². The highest BCUT2D eigenvalue weighted by atomic mass is 14.4. The number of hydrogen-bond donors (Lipinski definition) is 0. The summed E-state index contributed by atoms with van der Waals surface area (Å²) in [6.07, 6.45) is 9.22. The van der Waals surface area contributed by atoms with E-state index in [1.165, 1.54) is 50.1 Å². The number of allylic oxidation sites excluding steroid dienone is 4. The van der Waals surface area contributed by atoms with Crippen molar-refractivity contribution in [2.24, 2.45) is 0 Å². The van der Waals surface area contributed by atoms with Crippen LogP contribution < -0.4 is 0 Å². The summed E-state index contributed by atoms with van der Waals surface area (Å²) in [5.41, 5.74) is 12.8. The molecule has 2 aliphatic carbocycles. The van der Waals surface area contributed by atoms with Crippen LogP contribution >= 0.6 is 0 Å². The maximum Gasteiger partial charge on any atom is 0.0218 e. The highest BCUT2D eigenvalue weighted by Gasteiger charge is 2.37. The second kappa shape index (κ2) is 8.61. The standard InChI is InChI=1S/C34H30/c1-34-22-21-26(16-15-25-17-19-28(20-18-25)27-9-3-2-4-10-27)23-33(34)31-13-7-5-11-29(31)24-30-12-6-8-14-32(30)34/h2-14,17-21,23H,15-16,22,24H2,1H3. The summed E-state index contributed by atoms with van der Waals surface area (Å²) in [5.74, 6) is 0. The average Bonchev–Trinajstić information content (AvgIpc) is 3.00. The molecular weight excluding hydrogens is 408 g/mol. The fourth-order valence-electron chi connectivity index (χ4n) is 5.79. The Hall–Kier alpha value is -3.64. The summed E-state index contributed by atoms with van der Waals surface area (Å²) in [6.45, 7) is 2.44. The largest absolute Gasteiger partial charge is 0.0801 e. The molecule has 0 amide bonds. The average molecular weight is 439 g/mol. The van der Waals surface area contributed by atoms with E-state index in [9.17, 15) is 0 Å². The lowest BCUT2D eigenvalue weighted by atomic mass is 9.67. The predicted octanol–water partition coefficient (Wildman–Crippen LogP) is 8.56. The molecule has 0 spiro atoms. The van der Waals surface area contributed by atoms with Gasteiger partial charge in [-0.2, -0.15) is 0 Å². The molecule has 2 aliphatic rings. The van der Waals surface area contributed by atoms with E-state index in [0.29, 0.717) is 0 Å². The first kappa shape index (κ1) is 20.9. The van der Waals surface area contributed by atoms with Crippen LogP contribution in [0.2, 0.25) is 0 Å². The second-order valence-electron chi connectivity index (χ2n) is 9.93. The number of benzene rings is 4. The zero-order valence-corrected chi connectivity index (χ0v) is 19.8. The summed E-state index contributed by atoms with van der Waals surface area (Å²) >= 11 is 0.